The summed E-state index contributed by atoms with van der Waals surface area (Å²) in [4.78, 5) is 23.9. The molecule has 4 heteroatoms. The van der Waals surface area contributed by atoms with Crippen LogP contribution in [0.25, 0.3) is 6.08 Å². The largest absolute Gasteiger partial charge is 0.481 e. The number of hydrogen-bond acceptors (Lipinski definition) is 2. The summed E-state index contributed by atoms with van der Waals surface area (Å²) in [5, 5.41) is 8.62. The Bertz CT molecular complexity index is 480. The molecule has 1 aromatic carbocycles. The first-order chi connectivity index (χ1) is 9.02. The summed E-state index contributed by atoms with van der Waals surface area (Å²) in [6, 6.07) is 7.83. The molecular weight excluding hydrogens is 242 g/mol. The molecule has 0 aliphatic carbocycles. The average molecular weight is 261 g/mol. The van der Waals surface area contributed by atoms with Crippen molar-refractivity contribution in [2.45, 2.75) is 20.3 Å². The summed E-state index contributed by atoms with van der Waals surface area (Å²) in [6.45, 7) is 4.57. The molecule has 0 aliphatic heterocycles. The minimum Gasteiger partial charge on any atom is -0.481 e. The van der Waals surface area contributed by atoms with E-state index in [0.717, 1.165) is 11.1 Å². The lowest BCUT2D eigenvalue weighted by molar-refractivity contribution is -0.137. The molecule has 1 N–H and O–H groups in total. The summed E-state index contributed by atoms with van der Waals surface area (Å²) in [5.41, 5.74) is 2.09. The van der Waals surface area contributed by atoms with Gasteiger partial charge in [0, 0.05) is 19.2 Å². The number of rotatable bonds is 6. The zero-order chi connectivity index (χ0) is 14.3. The van der Waals surface area contributed by atoms with E-state index in [9.17, 15) is 9.59 Å². The van der Waals surface area contributed by atoms with Gasteiger partial charge in [-0.15, -0.1) is 0 Å². The van der Waals surface area contributed by atoms with Crippen molar-refractivity contribution in [2.24, 2.45) is 0 Å². The van der Waals surface area contributed by atoms with Crippen LogP contribution in [0, 0.1) is 6.92 Å². The maximum atomic E-state index is 11.9. The molecule has 1 amide bonds. The van der Waals surface area contributed by atoms with Crippen LogP contribution in [0.5, 0.6) is 0 Å². The van der Waals surface area contributed by atoms with Crippen LogP contribution in [0.3, 0.4) is 0 Å². The van der Waals surface area contributed by atoms with E-state index in [0.29, 0.717) is 6.54 Å². The highest BCUT2D eigenvalue weighted by molar-refractivity contribution is 5.92. The summed E-state index contributed by atoms with van der Waals surface area (Å²) in [5.74, 6) is -1.06. The number of hydrogen-bond donors (Lipinski definition) is 1. The Morgan fingerprint density at radius 1 is 1.37 bits per heavy atom. The lowest BCUT2D eigenvalue weighted by Gasteiger charge is -2.17. The van der Waals surface area contributed by atoms with Gasteiger partial charge in [0.2, 0.25) is 5.91 Å². The summed E-state index contributed by atoms with van der Waals surface area (Å²) >= 11 is 0. The highest BCUT2D eigenvalue weighted by Crippen LogP contribution is 2.06. The van der Waals surface area contributed by atoms with Crippen LogP contribution < -0.4 is 0 Å². The molecule has 0 aromatic heterocycles. The molecule has 102 valence electrons. The van der Waals surface area contributed by atoms with Gasteiger partial charge in [0.1, 0.15) is 0 Å². The normalized spacial score (nSPS) is 10.6. The fourth-order valence-corrected chi connectivity index (χ4v) is 1.70. The fourth-order valence-electron chi connectivity index (χ4n) is 1.70. The number of carbonyl (C=O) groups is 2. The van der Waals surface area contributed by atoms with E-state index in [1.807, 2.05) is 38.1 Å². The van der Waals surface area contributed by atoms with Crippen LogP contribution in [0.1, 0.15) is 24.5 Å². The Hall–Kier alpha value is -2.10. The molecule has 19 heavy (non-hydrogen) atoms. The van der Waals surface area contributed by atoms with E-state index in [1.165, 1.54) is 11.0 Å². The van der Waals surface area contributed by atoms with Crippen molar-refractivity contribution in [1.29, 1.82) is 0 Å². The third-order valence-corrected chi connectivity index (χ3v) is 2.75. The van der Waals surface area contributed by atoms with Crippen LogP contribution in [0.4, 0.5) is 0 Å². The van der Waals surface area contributed by atoms with Crippen LogP contribution in [0.2, 0.25) is 0 Å². The predicted molar refractivity (Wildman–Crippen MR) is 74.7 cm³/mol. The summed E-state index contributed by atoms with van der Waals surface area (Å²) in [7, 11) is 0. The number of aliphatic carboxylic acids is 1. The van der Waals surface area contributed by atoms with Gasteiger partial charge in [0.25, 0.3) is 0 Å². The smallest absolute Gasteiger partial charge is 0.305 e. The van der Waals surface area contributed by atoms with Crippen LogP contribution in [-0.4, -0.2) is 35.0 Å². The van der Waals surface area contributed by atoms with Crippen molar-refractivity contribution < 1.29 is 14.7 Å². The molecule has 0 bridgehead atoms. The molecule has 0 aliphatic rings. The van der Waals surface area contributed by atoms with E-state index in [-0.39, 0.29) is 18.9 Å². The molecule has 0 radical (unpaired) electrons. The number of nitrogens with zero attached hydrogens (tertiary/aromatic N) is 1. The Kier molecular flexibility index (Phi) is 5.79. The topological polar surface area (TPSA) is 57.6 Å². The first-order valence-corrected chi connectivity index (χ1v) is 6.28. The van der Waals surface area contributed by atoms with E-state index < -0.39 is 5.97 Å². The van der Waals surface area contributed by atoms with E-state index >= 15 is 0 Å². The van der Waals surface area contributed by atoms with Gasteiger partial charge in [-0.05, 0) is 25.5 Å². The van der Waals surface area contributed by atoms with Gasteiger partial charge >= 0.3 is 5.97 Å². The molecular formula is C15H19NO3. The van der Waals surface area contributed by atoms with Crippen molar-refractivity contribution in [3.63, 3.8) is 0 Å². The van der Waals surface area contributed by atoms with Gasteiger partial charge in [-0.3, -0.25) is 9.59 Å². The molecule has 0 unspecified atom stereocenters. The van der Waals surface area contributed by atoms with Gasteiger partial charge in [-0.1, -0.05) is 29.8 Å². The highest BCUT2D eigenvalue weighted by atomic mass is 16.4. The third-order valence-electron chi connectivity index (χ3n) is 2.75. The molecule has 1 rings (SSSR count). The maximum Gasteiger partial charge on any atom is 0.305 e. The first-order valence-electron chi connectivity index (χ1n) is 6.28. The van der Waals surface area contributed by atoms with Crippen LogP contribution in [0.15, 0.2) is 30.3 Å². The van der Waals surface area contributed by atoms with Crippen molar-refractivity contribution in [3.8, 4) is 0 Å². The van der Waals surface area contributed by atoms with Gasteiger partial charge < -0.3 is 10.0 Å². The lowest BCUT2D eigenvalue weighted by Crippen LogP contribution is -2.31. The van der Waals surface area contributed by atoms with Crippen LogP contribution in [-0.2, 0) is 9.59 Å². The van der Waals surface area contributed by atoms with Crippen LogP contribution >= 0.6 is 0 Å². The number of aryl methyl sites for hydroxylation is 1. The SMILES string of the molecule is CCN(CCC(=O)O)C(=O)/C=C/c1cccc(C)c1. The molecule has 0 saturated carbocycles. The minimum atomic E-state index is -0.895. The minimum absolute atomic E-state index is 0.0299. The van der Waals surface area contributed by atoms with E-state index in [1.54, 1.807) is 6.08 Å². The van der Waals surface area contributed by atoms with Crippen molar-refractivity contribution >= 4 is 18.0 Å². The van der Waals surface area contributed by atoms with Gasteiger partial charge in [0.15, 0.2) is 0 Å². The predicted octanol–water partition coefficient (Wildman–Crippen LogP) is 2.33. The standard InChI is InChI=1S/C15H19NO3/c1-3-16(10-9-15(18)19)14(17)8-7-13-6-4-5-12(2)11-13/h4-8,11H,3,9-10H2,1-2H3,(H,18,19)/b8-7+. The van der Waals surface area contributed by atoms with E-state index in [2.05, 4.69) is 0 Å². The molecule has 0 heterocycles. The Labute approximate surface area is 113 Å². The molecule has 1 aromatic rings. The maximum absolute atomic E-state index is 11.9. The van der Waals surface area contributed by atoms with Crippen molar-refractivity contribution in [2.75, 3.05) is 13.1 Å². The second kappa shape index (κ2) is 7.36. The molecule has 0 fully saturated rings. The number of likely N-dealkylation sites (N-methyl/N-ethyl adjacent to an activating group) is 1. The summed E-state index contributed by atoms with van der Waals surface area (Å²) < 4.78 is 0. The number of benzene rings is 1. The molecule has 4 nitrogen and oxygen atoms in total. The van der Waals surface area contributed by atoms with Crippen molar-refractivity contribution in [1.82, 2.24) is 4.90 Å². The molecule has 0 spiro atoms. The quantitative estimate of drug-likeness (QED) is 0.800. The number of carboxylic acid groups (broad SMARTS) is 1. The van der Waals surface area contributed by atoms with Gasteiger partial charge in [0.05, 0.1) is 6.42 Å². The Morgan fingerprint density at radius 2 is 2.11 bits per heavy atom. The van der Waals surface area contributed by atoms with Gasteiger partial charge in [-0.2, -0.15) is 0 Å². The second-order valence-electron chi connectivity index (χ2n) is 4.31. The fraction of sp³-hybridized carbons (Fsp3) is 0.333. The third kappa shape index (κ3) is 5.38. The second-order valence-corrected chi connectivity index (χ2v) is 4.31. The lowest BCUT2D eigenvalue weighted by atomic mass is 10.1. The first kappa shape index (κ1) is 15.0. The van der Waals surface area contributed by atoms with Gasteiger partial charge in [-0.25, -0.2) is 0 Å². The number of carboxylic acids is 1. The van der Waals surface area contributed by atoms with E-state index in [4.69, 9.17) is 5.11 Å². The molecule has 0 atom stereocenters. The highest BCUT2D eigenvalue weighted by Gasteiger charge is 2.09. The number of amides is 1. The zero-order valence-electron chi connectivity index (χ0n) is 11.3. The summed E-state index contributed by atoms with van der Waals surface area (Å²) in [6.07, 6.45) is 3.21. The monoisotopic (exact) mass is 261 g/mol. The Balaban J connectivity index is 2.63. The molecule has 0 saturated heterocycles. The van der Waals surface area contributed by atoms with Crippen molar-refractivity contribution in [3.05, 3.63) is 41.5 Å². The Morgan fingerprint density at radius 3 is 2.68 bits per heavy atom. The number of carbonyl (C=O) groups excluding carboxylic acids is 1. The zero-order valence-corrected chi connectivity index (χ0v) is 11.3. The average Bonchev–Trinajstić information content (AvgIpc) is 2.37.